The summed E-state index contributed by atoms with van der Waals surface area (Å²) in [6.45, 7) is 2.46. The summed E-state index contributed by atoms with van der Waals surface area (Å²) in [6, 6.07) is 18.2. The van der Waals surface area contributed by atoms with Gasteiger partial charge in [-0.1, -0.05) is 48.9 Å². The number of aromatic nitrogens is 3. The minimum atomic E-state index is 0.143. The Morgan fingerprint density at radius 3 is 2.36 bits per heavy atom. The van der Waals surface area contributed by atoms with Gasteiger partial charge in [0.1, 0.15) is 11.4 Å². The molecule has 1 aliphatic heterocycles. The zero-order chi connectivity index (χ0) is 19.1. The van der Waals surface area contributed by atoms with Crippen LogP contribution in [0.15, 0.2) is 54.6 Å². The van der Waals surface area contributed by atoms with Crippen molar-refractivity contribution in [1.29, 1.82) is 0 Å². The summed E-state index contributed by atoms with van der Waals surface area (Å²) < 4.78 is 4.11. The number of nitrogens with zero attached hydrogens (tertiary/aromatic N) is 4. The van der Waals surface area contributed by atoms with E-state index >= 15 is 0 Å². The third kappa shape index (κ3) is 2.74. The second kappa shape index (κ2) is 6.91. The van der Waals surface area contributed by atoms with Gasteiger partial charge in [-0.3, -0.25) is 14.1 Å². The Bertz CT molecular complexity index is 1150. The van der Waals surface area contributed by atoms with Crippen molar-refractivity contribution in [2.45, 2.75) is 19.3 Å². The molecule has 0 N–H and O–H groups in total. The molecule has 3 heterocycles. The van der Waals surface area contributed by atoms with E-state index in [2.05, 4.69) is 21.6 Å². The van der Waals surface area contributed by atoms with Gasteiger partial charge in [0.2, 0.25) is 5.78 Å². The molecule has 2 aromatic carbocycles. The van der Waals surface area contributed by atoms with Gasteiger partial charge in [0, 0.05) is 12.6 Å². The Kier molecular flexibility index (Phi) is 4.24. The van der Waals surface area contributed by atoms with Crippen LogP contribution in [0.3, 0.4) is 0 Å². The average molecular weight is 372 g/mol. The van der Waals surface area contributed by atoms with Crippen molar-refractivity contribution < 1.29 is 4.79 Å². The maximum absolute atomic E-state index is 13.5. The SMILES string of the molecule is Cn1c2ccccc2n2c(C(=O)CN3CCCCC3)c(-c3ccccc3)nc12. The highest BCUT2D eigenvalue weighted by Crippen LogP contribution is 2.30. The van der Waals surface area contributed by atoms with Gasteiger partial charge in [0.05, 0.1) is 17.6 Å². The molecule has 0 bridgehead atoms. The molecule has 28 heavy (non-hydrogen) atoms. The van der Waals surface area contributed by atoms with Gasteiger partial charge >= 0.3 is 0 Å². The molecule has 142 valence electrons. The number of imidazole rings is 2. The van der Waals surface area contributed by atoms with Crippen LogP contribution in [0.2, 0.25) is 0 Å². The Morgan fingerprint density at radius 1 is 0.929 bits per heavy atom. The fourth-order valence-electron chi connectivity index (χ4n) is 4.36. The number of carbonyl (C=O) groups is 1. The lowest BCUT2D eigenvalue weighted by molar-refractivity contribution is 0.0911. The molecule has 1 aliphatic rings. The number of Topliss-reactive ketones (excluding diaryl/α,β-unsaturated/α-hetero) is 1. The molecule has 0 atom stereocenters. The van der Waals surface area contributed by atoms with Crippen molar-refractivity contribution >= 4 is 22.6 Å². The molecule has 2 aromatic heterocycles. The lowest BCUT2D eigenvalue weighted by Crippen LogP contribution is -2.35. The number of hydrogen-bond acceptors (Lipinski definition) is 3. The third-order valence-corrected chi connectivity index (χ3v) is 5.77. The van der Waals surface area contributed by atoms with Gasteiger partial charge in [0.15, 0.2) is 5.78 Å². The van der Waals surface area contributed by atoms with E-state index in [-0.39, 0.29) is 5.78 Å². The smallest absolute Gasteiger partial charge is 0.215 e. The van der Waals surface area contributed by atoms with Crippen molar-refractivity contribution in [1.82, 2.24) is 18.9 Å². The molecule has 5 rings (SSSR count). The largest absolute Gasteiger partial charge is 0.313 e. The molecule has 0 saturated carbocycles. The van der Waals surface area contributed by atoms with Crippen LogP contribution in [-0.2, 0) is 7.05 Å². The summed E-state index contributed by atoms with van der Waals surface area (Å²) in [7, 11) is 2.01. The highest BCUT2D eigenvalue weighted by molar-refractivity contribution is 6.04. The monoisotopic (exact) mass is 372 g/mol. The normalized spacial score (nSPS) is 15.5. The molecule has 4 aromatic rings. The first-order chi connectivity index (χ1) is 13.7. The number of benzene rings is 2. The fraction of sp³-hybridized carbons (Fsp3) is 0.304. The Balaban J connectivity index is 1.71. The standard InChI is InChI=1S/C23H24N4O/c1-25-18-12-6-7-13-19(18)27-22(20(28)16-26-14-8-3-9-15-26)21(24-23(25)27)17-10-4-2-5-11-17/h2,4-7,10-13H,3,8-9,14-16H2,1H3. The van der Waals surface area contributed by atoms with Crippen molar-refractivity contribution in [2.24, 2.45) is 7.05 Å². The van der Waals surface area contributed by atoms with E-state index in [9.17, 15) is 4.79 Å². The van der Waals surface area contributed by atoms with E-state index in [1.54, 1.807) is 0 Å². The molecule has 0 unspecified atom stereocenters. The molecule has 0 radical (unpaired) electrons. The number of rotatable bonds is 4. The van der Waals surface area contributed by atoms with E-state index in [0.29, 0.717) is 12.2 Å². The predicted molar refractivity (Wildman–Crippen MR) is 112 cm³/mol. The maximum Gasteiger partial charge on any atom is 0.215 e. The van der Waals surface area contributed by atoms with Crippen LogP contribution in [-0.4, -0.2) is 44.3 Å². The third-order valence-electron chi connectivity index (χ3n) is 5.77. The topological polar surface area (TPSA) is 42.5 Å². The first-order valence-corrected chi connectivity index (χ1v) is 10.0. The fourth-order valence-corrected chi connectivity index (χ4v) is 4.36. The van der Waals surface area contributed by atoms with Gasteiger partial charge in [-0.05, 0) is 38.1 Å². The van der Waals surface area contributed by atoms with E-state index in [1.807, 2.05) is 53.9 Å². The average Bonchev–Trinajstić information content (AvgIpc) is 3.26. The number of para-hydroxylation sites is 2. The molecular formula is C23H24N4O. The van der Waals surface area contributed by atoms with Crippen LogP contribution in [0, 0.1) is 0 Å². The summed E-state index contributed by atoms with van der Waals surface area (Å²) in [4.78, 5) is 20.7. The van der Waals surface area contributed by atoms with Crippen LogP contribution in [0.1, 0.15) is 29.8 Å². The first kappa shape index (κ1) is 17.2. The number of ketones is 1. The Labute approximate surface area is 164 Å². The van der Waals surface area contributed by atoms with Crippen molar-refractivity contribution in [3.05, 3.63) is 60.3 Å². The van der Waals surface area contributed by atoms with Crippen molar-refractivity contribution in [2.75, 3.05) is 19.6 Å². The maximum atomic E-state index is 13.5. The first-order valence-electron chi connectivity index (χ1n) is 10.0. The zero-order valence-corrected chi connectivity index (χ0v) is 16.1. The summed E-state index contributed by atoms with van der Waals surface area (Å²) in [6.07, 6.45) is 3.62. The minimum absolute atomic E-state index is 0.143. The number of aryl methyl sites for hydroxylation is 1. The lowest BCUT2D eigenvalue weighted by Gasteiger charge is -2.25. The molecule has 0 spiro atoms. The second-order valence-corrected chi connectivity index (χ2v) is 7.62. The van der Waals surface area contributed by atoms with Crippen LogP contribution >= 0.6 is 0 Å². The highest BCUT2D eigenvalue weighted by Gasteiger charge is 2.26. The molecular weight excluding hydrogens is 348 g/mol. The van der Waals surface area contributed by atoms with E-state index < -0.39 is 0 Å². The molecule has 0 aliphatic carbocycles. The van der Waals surface area contributed by atoms with Gasteiger partial charge in [-0.25, -0.2) is 4.98 Å². The summed E-state index contributed by atoms with van der Waals surface area (Å²) in [5.41, 5.74) is 4.56. The number of hydrogen-bond donors (Lipinski definition) is 0. The highest BCUT2D eigenvalue weighted by atomic mass is 16.1. The molecule has 0 amide bonds. The molecule has 5 nitrogen and oxygen atoms in total. The summed E-state index contributed by atoms with van der Waals surface area (Å²) in [5, 5.41) is 0. The van der Waals surface area contributed by atoms with Gasteiger partial charge in [-0.15, -0.1) is 0 Å². The molecule has 1 saturated heterocycles. The Morgan fingerprint density at radius 2 is 1.61 bits per heavy atom. The number of fused-ring (bicyclic) bond motifs is 3. The van der Waals surface area contributed by atoms with E-state index in [1.165, 1.54) is 19.3 Å². The minimum Gasteiger partial charge on any atom is -0.313 e. The Hall–Kier alpha value is -2.92. The number of piperidine rings is 1. The second-order valence-electron chi connectivity index (χ2n) is 7.62. The number of carbonyl (C=O) groups excluding carboxylic acids is 1. The van der Waals surface area contributed by atoms with Crippen LogP contribution < -0.4 is 0 Å². The summed E-state index contributed by atoms with van der Waals surface area (Å²) in [5.74, 6) is 0.951. The molecule has 1 fully saturated rings. The number of likely N-dealkylation sites (tertiary alicyclic amines) is 1. The van der Waals surface area contributed by atoms with Crippen molar-refractivity contribution in [3.8, 4) is 11.3 Å². The van der Waals surface area contributed by atoms with Crippen LogP contribution in [0.5, 0.6) is 0 Å². The van der Waals surface area contributed by atoms with E-state index in [0.717, 1.165) is 41.2 Å². The van der Waals surface area contributed by atoms with Crippen LogP contribution in [0.4, 0.5) is 0 Å². The van der Waals surface area contributed by atoms with E-state index in [4.69, 9.17) is 4.98 Å². The quantitative estimate of drug-likeness (QED) is 0.505. The zero-order valence-electron chi connectivity index (χ0n) is 16.1. The van der Waals surface area contributed by atoms with Crippen molar-refractivity contribution in [3.63, 3.8) is 0 Å². The van der Waals surface area contributed by atoms with Gasteiger partial charge in [0.25, 0.3) is 0 Å². The lowest BCUT2D eigenvalue weighted by atomic mass is 10.1. The predicted octanol–water partition coefficient (Wildman–Crippen LogP) is 4.16. The summed E-state index contributed by atoms with van der Waals surface area (Å²) >= 11 is 0. The van der Waals surface area contributed by atoms with Gasteiger partial charge in [-0.2, -0.15) is 0 Å². The molecule has 5 heteroatoms. The van der Waals surface area contributed by atoms with Gasteiger partial charge < -0.3 is 4.57 Å². The van der Waals surface area contributed by atoms with Crippen LogP contribution in [0.25, 0.3) is 28.1 Å².